The Balaban J connectivity index is 0.902. The minimum absolute atomic E-state index is 1.17. The molecule has 0 saturated carbocycles. The molecule has 0 aliphatic carbocycles. The average Bonchev–Trinajstić information content (AvgIpc) is 3.67. The summed E-state index contributed by atoms with van der Waals surface area (Å²) in [5, 5.41) is 5.13. The van der Waals surface area contributed by atoms with Crippen LogP contribution in [0.4, 0.5) is 0 Å². The summed E-state index contributed by atoms with van der Waals surface area (Å²) in [7, 11) is 0. The molecule has 0 N–H and O–H groups in total. The zero-order chi connectivity index (χ0) is 31.9. The summed E-state index contributed by atoms with van der Waals surface area (Å²) in [6, 6.07) is 60.8. The molecule has 2 nitrogen and oxygen atoms in total. The zero-order valence-electron chi connectivity index (χ0n) is 26.4. The van der Waals surface area contributed by atoms with Gasteiger partial charge in [-0.3, -0.25) is 0 Å². The number of para-hydroxylation sites is 4. The van der Waals surface area contributed by atoms with Gasteiger partial charge in [0.25, 0.3) is 0 Å². The molecule has 2 aromatic heterocycles. The Bertz CT molecular complexity index is 2340. The Morgan fingerprint density at radius 1 is 0.250 bits per heavy atom. The van der Waals surface area contributed by atoms with Crippen LogP contribution in [0, 0.1) is 0 Å². The lowest BCUT2D eigenvalue weighted by molar-refractivity contribution is 1.18. The molecule has 48 heavy (non-hydrogen) atoms. The van der Waals surface area contributed by atoms with Crippen molar-refractivity contribution in [2.75, 3.05) is 0 Å². The van der Waals surface area contributed by atoms with Crippen LogP contribution in [0.25, 0.3) is 79.3 Å². The van der Waals surface area contributed by atoms with Gasteiger partial charge in [-0.05, 0) is 70.8 Å². The van der Waals surface area contributed by atoms with Gasteiger partial charge in [0.2, 0.25) is 0 Å². The topological polar surface area (TPSA) is 9.86 Å². The van der Waals surface area contributed by atoms with Gasteiger partial charge in [0, 0.05) is 32.9 Å². The van der Waals surface area contributed by atoms with E-state index in [1.807, 2.05) is 0 Å². The van der Waals surface area contributed by atoms with Crippen LogP contribution < -0.4 is 0 Å². The van der Waals surface area contributed by atoms with E-state index < -0.39 is 0 Å². The van der Waals surface area contributed by atoms with Gasteiger partial charge in [0.05, 0.1) is 22.1 Å². The molecule has 0 atom stereocenters. The zero-order valence-corrected chi connectivity index (χ0v) is 26.4. The third kappa shape index (κ3) is 4.92. The summed E-state index contributed by atoms with van der Waals surface area (Å²) in [5.41, 5.74) is 12.0. The van der Waals surface area contributed by atoms with Crippen LogP contribution in [0.5, 0.6) is 0 Å². The number of aromatic nitrogens is 2. The number of rotatable bonds is 6. The van der Waals surface area contributed by atoms with Crippen LogP contribution >= 0.6 is 0 Å². The van der Waals surface area contributed by atoms with Crippen molar-refractivity contribution in [3.63, 3.8) is 0 Å². The van der Waals surface area contributed by atoms with Gasteiger partial charge in [-0.25, -0.2) is 0 Å². The molecule has 2 heterocycles. The number of hydrogen-bond acceptors (Lipinski definition) is 0. The molecule has 226 valence electrons. The fraction of sp³-hybridized carbons (Fsp3) is 0. The van der Waals surface area contributed by atoms with Crippen molar-refractivity contribution >= 4 is 67.9 Å². The van der Waals surface area contributed by atoms with E-state index in [2.05, 4.69) is 203 Å². The predicted octanol–water partition coefficient (Wildman–Crippen LogP) is 12.2. The third-order valence-corrected chi connectivity index (χ3v) is 9.34. The van der Waals surface area contributed by atoms with Crippen LogP contribution in [0.3, 0.4) is 0 Å². The first kappa shape index (κ1) is 27.9. The Morgan fingerprint density at radius 3 is 0.750 bits per heavy atom. The second-order valence-corrected chi connectivity index (χ2v) is 12.3. The van der Waals surface area contributed by atoms with Crippen LogP contribution in [0.1, 0.15) is 22.3 Å². The highest BCUT2D eigenvalue weighted by Gasteiger charge is 2.12. The molecule has 0 spiro atoms. The molecule has 0 aliphatic rings. The smallest absolute Gasteiger partial charge is 0.0541 e. The predicted molar refractivity (Wildman–Crippen MR) is 206 cm³/mol. The SMILES string of the molecule is C(=C\c1ccc(-n2c3ccccc3c3ccccc32)cc1)/c1ccc(/C=C/c2ccc(-n3c4ccccc4c4ccccc43)cc2)cc1. The van der Waals surface area contributed by atoms with Crippen molar-refractivity contribution < 1.29 is 0 Å². The number of benzene rings is 7. The van der Waals surface area contributed by atoms with Gasteiger partial charge < -0.3 is 9.13 Å². The third-order valence-electron chi connectivity index (χ3n) is 9.34. The molecular formula is C46H32N2. The lowest BCUT2D eigenvalue weighted by Crippen LogP contribution is -1.93. The summed E-state index contributed by atoms with van der Waals surface area (Å²) < 4.78 is 4.70. The van der Waals surface area contributed by atoms with Crippen LogP contribution in [-0.2, 0) is 0 Å². The Morgan fingerprint density at radius 2 is 0.479 bits per heavy atom. The summed E-state index contributed by atoms with van der Waals surface area (Å²) in [6.45, 7) is 0. The lowest BCUT2D eigenvalue weighted by atomic mass is 10.1. The first-order valence-corrected chi connectivity index (χ1v) is 16.4. The molecule has 0 aliphatic heterocycles. The second kappa shape index (κ2) is 11.8. The van der Waals surface area contributed by atoms with Crippen LogP contribution in [0.2, 0.25) is 0 Å². The van der Waals surface area contributed by atoms with Crippen molar-refractivity contribution in [1.82, 2.24) is 9.13 Å². The molecule has 0 unspecified atom stereocenters. The molecule has 2 heteroatoms. The van der Waals surface area contributed by atoms with Crippen LogP contribution in [-0.4, -0.2) is 9.13 Å². The van der Waals surface area contributed by atoms with E-state index in [9.17, 15) is 0 Å². The number of fused-ring (bicyclic) bond motifs is 6. The van der Waals surface area contributed by atoms with Crippen molar-refractivity contribution in [2.45, 2.75) is 0 Å². The van der Waals surface area contributed by atoms with E-state index in [0.717, 1.165) is 0 Å². The second-order valence-electron chi connectivity index (χ2n) is 12.3. The summed E-state index contributed by atoms with van der Waals surface area (Å²) >= 11 is 0. The molecular weight excluding hydrogens is 581 g/mol. The summed E-state index contributed by atoms with van der Waals surface area (Å²) in [4.78, 5) is 0. The normalized spacial score (nSPS) is 12.0. The molecule has 7 aromatic carbocycles. The van der Waals surface area contributed by atoms with Gasteiger partial charge in [-0.1, -0.05) is 146 Å². The van der Waals surface area contributed by atoms with E-state index in [1.54, 1.807) is 0 Å². The fourth-order valence-corrected chi connectivity index (χ4v) is 6.97. The Hall–Kier alpha value is -6.38. The summed E-state index contributed by atoms with van der Waals surface area (Å²) in [6.07, 6.45) is 8.71. The van der Waals surface area contributed by atoms with Gasteiger partial charge in [-0.15, -0.1) is 0 Å². The highest BCUT2D eigenvalue weighted by Crippen LogP contribution is 2.33. The molecule has 0 radical (unpaired) electrons. The molecule has 0 saturated heterocycles. The van der Waals surface area contributed by atoms with E-state index in [4.69, 9.17) is 0 Å². The quantitative estimate of drug-likeness (QED) is 0.165. The standard InChI is InChI=1S/C46H32N2/c1-5-13-43-39(9-1)40-10-2-6-14-44(40)47(43)37-29-25-35(26-30-37)23-21-33-17-19-34(20-18-33)22-24-36-27-31-38(32-28-36)48-45-15-7-3-11-41(45)42-12-4-8-16-46(42)48/h1-32H/b23-21+,24-22+. The van der Waals surface area contributed by atoms with Gasteiger partial charge >= 0.3 is 0 Å². The van der Waals surface area contributed by atoms with Crippen molar-refractivity contribution in [3.8, 4) is 11.4 Å². The molecule has 0 amide bonds. The average molecular weight is 613 g/mol. The van der Waals surface area contributed by atoms with Gasteiger partial charge in [0.15, 0.2) is 0 Å². The van der Waals surface area contributed by atoms with Crippen molar-refractivity contribution in [2.24, 2.45) is 0 Å². The van der Waals surface area contributed by atoms with E-state index in [1.165, 1.54) is 77.2 Å². The van der Waals surface area contributed by atoms with Gasteiger partial charge in [0.1, 0.15) is 0 Å². The number of hydrogen-bond donors (Lipinski definition) is 0. The highest BCUT2D eigenvalue weighted by molar-refractivity contribution is 6.10. The van der Waals surface area contributed by atoms with E-state index in [0.29, 0.717) is 0 Å². The van der Waals surface area contributed by atoms with E-state index >= 15 is 0 Å². The van der Waals surface area contributed by atoms with E-state index in [-0.39, 0.29) is 0 Å². The molecule has 0 fully saturated rings. The first-order chi connectivity index (χ1) is 23.8. The number of nitrogens with zero attached hydrogens (tertiary/aromatic N) is 2. The first-order valence-electron chi connectivity index (χ1n) is 16.4. The lowest BCUT2D eigenvalue weighted by Gasteiger charge is -2.08. The molecule has 9 rings (SSSR count). The Kier molecular flexibility index (Phi) is 6.84. The van der Waals surface area contributed by atoms with Gasteiger partial charge in [-0.2, -0.15) is 0 Å². The Labute approximate surface area is 279 Å². The maximum Gasteiger partial charge on any atom is 0.0541 e. The summed E-state index contributed by atoms with van der Waals surface area (Å²) in [5.74, 6) is 0. The monoisotopic (exact) mass is 612 g/mol. The maximum atomic E-state index is 2.35. The fourth-order valence-electron chi connectivity index (χ4n) is 6.97. The van der Waals surface area contributed by atoms with Crippen molar-refractivity contribution in [1.29, 1.82) is 0 Å². The van der Waals surface area contributed by atoms with Crippen molar-refractivity contribution in [3.05, 3.63) is 192 Å². The largest absolute Gasteiger partial charge is 0.309 e. The molecule has 0 bridgehead atoms. The maximum absolute atomic E-state index is 2.35. The molecule has 9 aromatic rings. The minimum atomic E-state index is 1.17. The van der Waals surface area contributed by atoms with Crippen LogP contribution in [0.15, 0.2) is 170 Å². The highest BCUT2D eigenvalue weighted by atomic mass is 15.0. The minimum Gasteiger partial charge on any atom is -0.309 e.